The summed E-state index contributed by atoms with van der Waals surface area (Å²) < 4.78 is 8.91. The van der Waals surface area contributed by atoms with E-state index in [1.165, 1.54) is 5.56 Å². The number of anilines is 1. The summed E-state index contributed by atoms with van der Waals surface area (Å²) in [5.41, 5.74) is 4.90. The van der Waals surface area contributed by atoms with Crippen molar-refractivity contribution in [2.45, 2.75) is 38.6 Å². The summed E-state index contributed by atoms with van der Waals surface area (Å²) in [7, 11) is 0. The van der Waals surface area contributed by atoms with Crippen molar-refractivity contribution in [3.05, 3.63) is 76.6 Å². The normalized spacial score (nSPS) is 13.9. The van der Waals surface area contributed by atoms with Crippen molar-refractivity contribution in [1.82, 2.24) is 19.7 Å². The van der Waals surface area contributed by atoms with E-state index in [-0.39, 0.29) is 6.42 Å². The fourth-order valence-corrected chi connectivity index (χ4v) is 5.74. The minimum atomic E-state index is -0.880. The highest BCUT2D eigenvalue weighted by atomic mass is 32.1. The number of hydrogen-bond donors (Lipinski definition) is 2. The van der Waals surface area contributed by atoms with Crippen LogP contribution < -0.4 is 10.1 Å². The van der Waals surface area contributed by atoms with Gasteiger partial charge in [-0.15, -0.1) is 11.3 Å². The number of aryl methyl sites for hydroxylation is 2. The summed E-state index contributed by atoms with van der Waals surface area (Å²) in [5.74, 6) is 0.865. The van der Waals surface area contributed by atoms with Crippen molar-refractivity contribution < 1.29 is 14.6 Å². The second kappa shape index (κ2) is 9.82. The molecule has 5 aromatic rings. The molecule has 2 N–H and O–H groups in total. The number of pyridine rings is 1. The lowest BCUT2D eigenvalue weighted by molar-refractivity contribution is -0.137. The molecule has 0 amide bonds. The number of nitrogens with one attached hydrogen (secondary N) is 1. The molecule has 2 aromatic carbocycles. The van der Waals surface area contributed by atoms with Crippen LogP contribution in [0.25, 0.3) is 21.1 Å². The van der Waals surface area contributed by atoms with Crippen LogP contribution in [0.1, 0.15) is 40.7 Å². The highest BCUT2D eigenvalue weighted by Gasteiger charge is 2.22. The van der Waals surface area contributed by atoms with Gasteiger partial charge in [-0.25, -0.2) is 9.97 Å². The van der Waals surface area contributed by atoms with Gasteiger partial charge in [0.15, 0.2) is 0 Å². The van der Waals surface area contributed by atoms with Crippen LogP contribution in [-0.2, 0) is 17.6 Å². The van der Waals surface area contributed by atoms with Crippen molar-refractivity contribution in [3.63, 3.8) is 0 Å². The molecule has 37 heavy (non-hydrogen) atoms. The van der Waals surface area contributed by atoms with Crippen LogP contribution in [0.3, 0.4) is 0 Å². The maximum atomic E-state index is 11.8. The zero-order valence-corrected chi connectivity index (χ0v) is 21.3. The van der Waals surface area contributed by atoms with Crippen molar-refractivity contribution in [3.8, 4) is 5.75 Å². The number of aromatic nitrogens is 4. The number of rotatable bonds is 8. The van der Waals surface area contributed by atoms with Crippen LogP contribution in [-0.4, -0.2) is 44.0 Å². The molecule has 188 valence electrons. The van der Waals surface area contributed by atoms with Crippen LogP contribution in [0.15, 0.2) is 54.7 Å². The van der Waals surface area contributed by atoms with E-state index < -0.39 is 12.0 Å². The van der Waals surface area contributed by atoms with Crippen LogP contribution in [0.4, 0.5) is 5.82 Å². The number of nitrogens with zero attached hydrogens (tertiary/aromatic N) is 4. The fraction of sp³-hybridized carbons (Fsp3) is 0.286. The zero-order valence-electron chi connectivity index (χ0n) is 20.5. The summed E-state index contributed by atoms with van der Waals surface area (Å²) in [4.78, 5) is 21.1. The Morgan fingerprint density at radius 2 is 2.11 bits per heavy atom. The van der Waals surface area contributed by atoms with Crippen LogP contribution >= 0.6 is 11.3 Å². The van der Waals surface area contributed by atoms with E-state index in [0.29, 0.717) is 13.0 Å². The minimum absolute atomic E-state index is 0.0771. The third kappa shape index (κ3) is 4.86. The highest BCUT2D eigenvalue weighted by molar-refractivity contribution is 7.18. The zero-order chi connectivity index (χ0) is 25.4. The number of carbonyl (C=O) groups is 1. The molecule has 0 saturated carbocycles. The van der Waals surface area contributed by atoms with Crippen molar-refractivity contribution in [2.24, 2.45) is 0 Å². The Balaban J connectivity index is 1.21. The molecule has 0 fully saturated rings. The first-order chi connectivity index (χ1) is 18.0. The van der Waals surface area contributed by atoms with Gasteiger partial charge in [-0.2, -0.15) is 5.10 Å². The number of carboxylic acids is 1. The standard InChI is InChI=1S/C28H27N5O3S/c1-17-31-23-14-19(5-9-26(23)37-17)25(15-27(34)35)33-24-8-7-22(13-20(24)16-30-33)36-12-10-21-6-4-18-3-2-11-29-28(18)32-21/h4-9,13-14,16,25H,2-3,10-12,15H2,1H3,(H,29,32)(H,34,35). The molecule has 4 heterocycles. The third-order valence-electron chi connectivity index (χ3n) is 6.71. The van der Waals surface area contributed by atoms with Gasteiger partial charge in [0.05, 0.1) is 46.0 Å². The average molecular weight is 514 g/mol. The highest BCUT2D eigenvalue weighted by Crippen LogP contribution is 2.31. The van der Waals surface area contributed by atoms with Gasteiger partial charge in [0.2, 0.25) is 0 Å². The van der Waals surface area contributed by atoms with E-state index in [2.05, 4.69) is 27.5 Å². The SMILES string of the molecule is Cc1nc2cc(C(CC(=O)O)n3ncc4cc(OCCc5ccc6c(n5)NCCC6)ccc43)ccc2s1. The Hall–Kier alpha value is -3.98. The van der Waals surface area contributed by atoms with E-state index >= 15 is 0 Å². The average Bonchev–Trinajstić information content (AvgIpc) is 3.48. The molecule has 1 atom stereocenters. The molecule has 1 aliphatic heterocycles. The molecule has 6 rings (SSSR count). The van der Waals surface area contributed by atoms with Gasteiger partial charge < -0.3 is 15.2 Å². The maximum Gasteiger partial charge on any atom is 0.305 e. The van der Waals surface area contributed by atoms with Gasteiger partial charge >= 0.3 is 5.97 Å². The fourth-order valence-electron chi connectivity index (χ4n) is 4.93. The van der Waals surface area contributed by atoms with E-state index in [1.54, 1.807) is 22.2 Å². The number of carboxylic acid groups (broad SMARTS) is 1. The molecular weight excluding hydrogens is 486 g/mol. The van der Waals surface area contributed by atoms with Gasteiger partial charge in [-0.1, -0.05) is 12.1 Å². The molecule has 0 saturated heterocycles. The maximum absolute atomic E-state index is 11.8. The number of fused-ring (bicyclic) bond motifs is 3. The topological polar surface area (TPSA) is 102 Å². The van der Waals surface area contributed by atoms with E-state index in [1.807, 2.05) is 43.3 Å². The molecular formula is C28H27N5O3S. The summed E-state index contributed by atoms with van der Waals surface area (Å²) in [6.07, 6.45) is 4.62. The van der Waals surface area contributed by atoms with Crippen LogP contribution in [0.2, 0.25) is 0 Å². The van der Waals surface area contributed by atoms with Gasteiger partial charge in [0.1, 0.15) is 11.6 Å². The number of ether oxygens (including phenoxy) is 1. The van der Waals surface area contributed by atoms with E-state index in [9.17, 15) is 9.90 Å². The molecule has 1 aliphatic rings. The van der Waals surface area contributed by atoms with Crippen LogP contribution in [0, 0.1) is 6.92 Å². The summed E-state index contributed by atoms with van der Waals surface area (Å²) in [6.45, 7) is 3.46. The number of aliphatic carboxylic acids is 1. The number of benzene rings is 2. The molecule has 9 heteroatoms. The Kier molecular flexibility index (Phi) is 6.21. The van der Waals surface area contributed by atoms with Gasteiger partial charge in [0, 0.05) is 24.0 Å². The lowest BCUT2D eigenvalue weighted by Gasteiger charge is -2.18. The quantitative estimate of drug-likeness (QED) is 0.287. The minimum Gasteiger partial charge on any atom is -0.493 e. The van der Waals surface area contributed by atoms with Crippen molar-refractivity contribution in [1.29, 1.82) is 0 Å². The first kappa shape index (κ1) is 23.4. The Morgan fingerprint density at radius 1 is 1.19 bits per heavy atom. The van der Waals surface area contributed by atoms with E-state index in [4.69, 9.17) is 9.72 Å². The van der Waals surface area contributed by atoms with Gasteiger partial charge in [0.25, 0.3) is 0 Å². The lowest BCUT2D eigenvalue weighted by atomic mass is 10.0. The number of thiazole rings is 1. The van der Waals surface area contributed by atoms with Gasteiger partial charge in [-0.3, -0.25) is 9.48 Å². The molecule has 0 aliphatic carbocycles. The molecule has 0 radical (unpaired) electrons. The largest absolute Gasteiger partial charge is 0.493 e. The first-order valence-electron chi connectivity index (χ1n) is 12.4. The van der Waals surface area contributed by atoms with Crippen molar-refractivity contribution >= 4 is 44.2 Å². The second-order valence-corrected chi connectivity index (χ2v) is 10.6. The summed E-state index contributed by atoms with van der Waals surface area (Å²) in [5, 5.41) is 19.5. The number of hydrogen-bond acceptors (Lipinski definition) is 7. The Morgan fingerprint density at radius 3 is 3.00 bits per heavy atom. The molecule has 0 spiro atoms. The van der Waals surface area contributed by atoms with Gasteiger partial charge in [-0.05, 0) is 67.3 Å². The predicted molar refractivity (Wildman–Crippen MR) is 145 cm³/mol. The summed E-state index contributed by atoms with van der Waals surface area (Å²) in [6, 6.07) is 15.6. The molecule has 8 nitrogen and oxygen atoms in total. The molecule has 1 unspecified atom stereocenters. The lowest BCUT2D eigenvalue weighted by Crippen LogP contribution is -2.16. The predicted octanol–water partition coefficient (Wildman–Crippen LogP) is 5.39. The smallest absolute Gasteiger partial charge is 0.305 e. The Bertz CT molecular complexity index is 1610. The third-order valence-corrected chi connectivity index (χ3v) is 7.66. The Labute approximate surface area is 217 Å². The van der Waals surface area contributed by atoms with Crippen LogP contribution in [0.5, 0.6) is 5.75 Å². The monoisotopic (exact) mass is 513 g/mol. The van der Waals surface area contributed by atoms with E-state index in [0.717, 1.165) is 68.3 Å². The molecule has 0 bridgehead atoms. The molecule has 3 aromatic heterocycles. The van der Waals surface area contributed by atoms with Crippen molar-refractivity contribution in [2.75, 3.05) is 18.5 Å². The first-order valence-corrected chi connectivity index (χ1v) is 13.3. The summed E-state index contributed by atoms with van der Waals surface area (Å²) >= 11 is 1.63. The second-order valence-electron chi connectivity index (χ2n) is 9.32.